The number of nitrogens with zero attached hydrogens (tertiary/aromatic N) is 2. The number of nitrogens with one attached hydrogen (secondary N) is 1. The number of aromatic nitrogens is 1. The maximum Gasteiger partial charge on any atom is 0.250 e. The fraction of sp³-hybridized carbons (Fsp3) is 0.185. The fourth-order valence-corrected chi connectivity index (χ4v) is 5.19. The number of rotatable bonds is 2. The molecule has 1 unspecified atom stereocenters. The van der Waals surface area contributed by atoms with Crippen molar-refractivity contribution in [3.05, 3.63) is 101 Å². The highest BCUT2D eigenvalue weighted by Gasteiger charge is 2.48. The summed E-state index contributed by atoms with van der Waals surface area (Å²) in [5.74, 6) is -0.0568. The number of amides is 2. The van der Waals surface area contributed by atoms with Gasteiger partial charge in [-0.2, -0.15) is 0 Å². The van der Waals surface area contributed by atoms with Crippen LogP contribution in [0.25, 0.3) is 10.9 Å². The minimum Gasteiger partial charge on any atom is -0.356 e. The topological polar surface area (TPSA) is 56.4 Å². The molecule has 3 heterocycles. The van der Waals surface area contributed by atoms with Crippen LogP contribution in [-0.4, -0.2) is 34.3 Å². The standard InChI is InChI=1S/C27H23N3O2/c1-17-11-13-19(14-12-17)29-16-24(31)30-23(27(29)32)15-21-20-9-5-6-10-22(20)28-25(21)26(30)18-7-3-2-4-8-18/h2-14,23,26,28H,15-16H2,1H3/t23?,26-/m0/s1. The van der Waals surface area contributed by atoms with E-state index in [1.54, 1.807) is 9.80 Å². The largest absolute Gasteiger partial charge is 0.356 e. The van der Waals surface area contributed by atoms with Gasteiger partial charge in [-0.3, -0.25) is 9.59 Å². The average molecular weight is 422 g/mol. The van der Waals surface area contributed by atoms with Crippen LogP contribution in [0.3, 0.4) is 0 Å². The number of hydrogen-bond donors (Lipinski definition) is 1. The Balaban J connectivity index is 1.51. The summed E-state index contributed by atoms with van der Waals surface area (Å²) in [6.07, 6.45) is 0.510. The summed E-state index contributed by atoms with van der Waals surface area (Å²) in [5.41, 5.74) is 6.08. The van der Waals surface area contributed by atoms with Crippen molar-refractivity contribution >= 4 is 28.4 Å². The number of para-hydroxylation sites is 1. The molecule has 5 heteroatoms. The maximum absolute atomic E-state index is 13.8. The van der Waals surface area contributed by atoms with Crippen molar-refractivity contribution in [1.82, 2.24) is 9.88 Å². The molecule has 2 aliphatic rings. The molecule has 6 rings (SSSR count). The average Bonchev–Trinajstić information content (AvgIpc) is 3.20. The summed E-state index contributed by atoms with van der Waals surface area (Å²) in [4.78, 5) is 34.3. The van der Waals surface area contributed by atoms with Crippen molar-refractivity contribution in [1.29, 1.82) is 0 Å². The zero-order valence-electron chi connectivity index (χ0n) is 17.8. The van der Waals surface area contributed by atoms with Crippen LogP contribution < -0.4 is 4.90 Å². The lowest BCUT2D eigenvalue weighted by atomic mass is 9.86. The summed E-state index contributed by atoms with van der Waals surface area (Å²) >= 11 is 0. The summed E-state index contributed by atoms with van der Waals surface area (Å²) in [6, 6.07) is 25.1. The van der Waals surface area contributed by atoms with E-state index >= 15 is 0 Å². The second-order valence-corrected chi connectivity index (χ2v) is 8.66. The van der Waals surface area contributed by atoms with Gasteiger partial charge >= 0.3 is 0 Å². The molecule has 5 nitrogen and oxygen atoms in total. The van der Waals surface area contributed by atoms with Gasteiger partial charge < -0.3 is 14.8 Å². The maximum atomic E-state index is 13.8. The van der Waals surface area contributed by atoms with E-state index < -0.39 is 6.04 Å². The van der Waals surface area contributed by atoms with E-state index in [1.807, 2.05) is 73.7 Å². The number of anilines is 1. The van der Waals surface area contributed by atoms with Crippen LogP contribution in [0.2, 0.25) is 0 Å². The minimum absolute atomic E-state index is 0.0229. The van der Waals surface area contributed by atoms with E-state index in [9.17, 15) is 9.59 Å². The Kier molecular flexibility index (Phi) is 4.18. The van der Waals surface area contributed by atoms with E-state index in [-0.39, 0.29) is 24.4 Å². The van der Waals surface area contributed by atoms with Crippen molar-refractivity contribution in [2.45, 2.75) is 25.4 Å². The Morgan fingerprint density at radius 3 is 2.38 bits per heavy atom. The summed E-state index contributed by atoms with van der Waals surface area (Å²) < 4.78 is 0. The van der Waals surface area contributed by atoms with Crippen LogP contribution in [0.4, 0.5) is 5.69 Å². The molecule has 2 amide bonds. The van der Waals surface area contributed by atoms with E-state index in [0.29, 0.717) is 6.42 Å². The van der Waals surface area contributed by atoms with Gasteiger partial charge in [-0.25, -0.2) is 0 Å². The van der Waals surface area contributed by atoms with Crippen LogP contribution in [-0.2, 0) is 16.0 Å². The molecule has 4 aromatic rings. The lowest BCUT2D eigenvalue weighted by molar-refractivity contribution is -0.145. The predicted octanol–water partition coefficient (Wildman–Crippen LogP) is 4.37. The molecule has 1 aromatic heterocycles. The molecule has 0 aliphatic carbocycles. The number of hydrogen-bond acceptors (Lipinski definition) is 2. The van der Waals surface area contributed by atoms with Crippen molar-refractivity contribution in [3.8, 4) is 0 Å². The van der Waals surface area contributed by atoms with E-state index in [0.717, 1.165) is 39.0 Å². The van der Waals surface area contributed by atoms with Gasteiger partial charge in [-0.15, -0.1) is 0 Å². The van der Waals surface area contributed by atoms with Crippen LogP contribution >= 0.6 is 0 Å². The molecule has 1 fully saturated rings. The summed E-state index contributed by atoms with van der Waals surface area (Å²) in [7, 11) is 0. The Bertz CT molecular complexity index is 1340. The molecular weight excluding hydrogens is 398 g/mol. The van der Waals surface area contributed by atoms with E-state index in [1.165, 1.54) is 0 Å². The van der Waals surface area contributed by atoms with Crippen molar-refractivity contribution in [2.75, 3.05) is 11.4 Å². The lowest BCUT2D eigenvalue weighted by Crippen LogP contribution is -2.63. The van der Waals surface area contributed by atoms with E-state index in [4.69, 9.17) is 0 Å². The molecule has 1 N–H and O–H groups in total. The van der Waals surface area contributed by atoms with Gasteiger partial charge in [0.25, 0.3) is 5.91 Å². The first-order valence-corrected chi connectivity index (χ1v) is 11.0. The second kappa shape index (κ2) is 7.09. The molecule has 0 saturated carbocycles. The number of carbonyl (C=O) groups is 2. The number of piperazine rings is 1. The molecule has 1 saturated heterocycles. The predicted molar refractivity (Wildman–Crippen MR) is 124 cm³/mol. The van der Waals surface area contributed by atoms with Crippen molar-refractivity contribution < 1.29 is 9.59 Å². The first kappa shape index (κ1) is 18.9. The third-order valence-electron chi connectivity index (χ3n) is 6.72. The number of aromatic amines is 1. The number of H-pyrrole nitrogens is 1. The first-order valence-electron chi connectivity index (χ1n) is 11.0. The zero-order chi connectivity index (χ0) is 21.8. The molecule has 0 radical (unpaired) electrons. The Labute approximate surface area is 186 Å². The van der Waals surface area contributed by atoms with Gasteiger partial charge in [-0.1, -0.05) is 66.2 Å². The minimum atomic E-state index is -0.533. The fourth-order valence-electron chi connectivity index (χ4n) is 5.19. The first-order chi connectivity index (χ1) is 15.6. The summed E-state index contributed by atoms with van der Waals surface area (Å²) in [5, 5.41) is 1.12. The smallest absolute Gasteiger partial charge is 0.250 e. The highest BCUT2D eigenvalue weighted by atomic mass is 16.2. The Morgan fingerprint density at radius 1 is 0.875 bits per heavy atom. The molecule has 32 heavy (non-hydrogen) atoms. The monoisotopic (exact) mass is 421 g/mol. The third kappa shape index (κ3) is 2.78. The quantitative estimate of drug-likeness (QED) is 0.523. The van der Waals surface area contributed by atoms with Crippen LogP contribution in [0.1, 0.15) is 28.4 Å². The zero-order valence-corrected chi connectivity index (χ0v) is 17.8. The highest BCUT2D eigenvalue weighted by Crippen LogP contribution is 2.42. The number of benzene rings is 3. The second-order valence-electron chi connectivity index (χ2n) is 8.66. The molecule has 0 bridgehead atoms. The molecule has 2 aliphatic heterocycles. The number of carbonyl (C=O) groups excluding carboxylic acids is 2. The Morgan fingerprint density at radius 2 is 1.59 bits per heavy atom. The summed E-state index contributed by atoms with van der Waals surface area (Å²) in [6.45, 7) is 2.07. The van der Waals surface area contributed by atoms with Gasteiger partial charge in [0.15, 0.2) is 0 Å². The van der Waals surface area contributed by atoms with Crippen molar-refractivity contribution in [2.24, 2.45) is 0 Å². The van der Waals surface area contributed by atoms with Gasteiger partial charge in [0.1, 0.15) is 12.6 Å². The molecule has 158 valence electrons. The molecule has 3 aromatic carbocycles. The molecular formula is C27H23N3O2. The number of fused-ring (bicyclic) bond motifs is 4. The van der Waals surface area contributed by atoms with Gasteiger partial charge in [-0.05, 0) is 36.2 Å². The SMILES string of the molecule is Cc1ccc(N2CC(=O)N3C(Cc4c([nH]c5ccccc45)[C@@H]3c3ccccc3)C2=O)cc1. The van der Waals surface area contributed by atoms with Gasteiger partial charge in [0.05, 0.1) is 6.04 Å². The van der Waals surface area contributed by atoms with Gasteiger partial charge in [0, 0.05) is 28.7 Å². The van der Waals surface area contributed by atoms with Crippen LogP contribution in [0, 0.1) is 6.92 Å². The number of aryl methyl sites for hydroxylation is 1. The molecule has 2 atom stereocenters. The Hall–Kier alpha value is -3.86. The van der Waals surface area contributed by atoms with Gasteiger partial charge in [0.2, 0.25) is 5.91 Å². The lowest BCUT2D eigenvalue weighted by Gasteiger charge is -2.47. The van der Waals surface area contributed by atoms with E-state index in [2.05, 4.69) is 17.1 Å². The van der Waals surface area contributed by atoms with Crippen molar-refractivity contribution in [3.63, 3.8) is 0 Å². The molecule has 0 spiro atoms. The van der Waals surface area contributed by atoms with Crippen LogP contribution in [0.5, 0.6) is 0 Å². The third-order valence-corrected chi connectivity index (χ3v) is 6.72. The van der Waals surface area contributed by atoms with Crippen LogP contribution in [0.15, 0.2) is 78.9 Å². The highest BCUT2D eigenvalue weighted by molar-refractivity contribution is 6.07. The normalized spacial score (nSPS) is 20.4.